The highest BCUT2D eigenvalue weighted by Crippen LogP contribution is 2.32. The largest absolute Gasteiger partial charge is 0.504 e. The van der Waals surface area contributed by atoms with E-state index in [0.29, 0.717) is 22.0 Å². The number of amides is 1. The van der Waals surface area contributed by atoms with Gasteiger partial charge in [-0.25, -0.2) is 9.78 Å². The first kappa shape index (κ1) is 20.3. The molecule has 0 unspecified atom stereocenters. The number of esters is 1. The molecule has 1 amide bonds. The Morgan fingerprint density at radius 2 is 1.79 bits per heavy atom. The van der Waals surface area contributed by atoms with E-state index in [-0.39, 0.29) is 30.2 Å². The average molecular weight is 412 g/mol. The molecule has 1 aromatic heterocycles. The molecule has 3 rings (SSSR count). The molecule has 0 aliphatic heterocycles. The molecule has 0 aliphatic rings. The second kappa shape index (κ2) is 8.74. The molecule has 3 N–H and O–H groups in total. The van der Waals surface area contributed by atoms with Crippen molar-refractivity contribution in [2.75, 3.05) is 5.32 Å². The lowest BCUT2D eigenvalue weighted by Gasteiger charge is -2.08. The number of phenolic OH excluding ortho intramolecular Hbond substituents is 2. The van der Waals surface area contributed by atoms with Crippen molar-refractivity contribution < 1.29 is 24.5 Å². The van der Waals surface area contributed by atoms with Crippen molar-refractivity contribution in [3.05, 3.63) is 69.2 Å². The maximum atomic E-state index is 12.1. The fraction of sp³-hybridized carbons (Fsp3) is 0.190. The van der Waals surface area contributed by atoms with E-state index in [1.807, 2.05) is 31.2 Å². The minimum atomic E-state index is -0.774. The summed E-state index contributed by atoms with van der Waals surface area (Å²) in [7, 11) is 0. The van der Waals surface area contributed by atoms with Gasteiger partial charge in [0.25, 0.3) is 0 Å². The highest BCUT2D eigenvalue weighted by molar-refractivity contribution is 7.09. The molecule has 2 aromatic carbocycles. The number of carbonyl (C=O) groups is 2. The number of phenols is 2. The lowest BCUT2D eigenvalue weighted by atomic mass is 10.1. The molecular weight excluding hydrogens is 392 g/mol. The summed E-state index contributed by atoms with van der Waals surface area (Å²) in [4.78, 5) is 28.6. The van der Waals surface area contributed by atoms with Gasteiger partial charge in [-0.2, -0.15) is 0 Å². The van der Waals surface area contributed by atoms with Crippen molar-refractivity contribution in [1.82, 2.24) is 4.98 Å². The van der Waals surface area contributed by atoms with Gasteiger partial charge in [0.2, 0.25) is 5.91 Å². The van der Waals surface area contributed by atoms with Gasteiger partial charge < -0.3 is 20.3 Å². The Balaban J connectivity index is 1.55. The number of ether oxygens (including phenoxy) is 1. The SMILES string of the molecule is Cc1ccc(NC(=O)Cc2nc(COC(=O)c3ccc(C)c(O)c3O)cs2)cc1. The van der Waals surface area contributed by atoms with E-state index in [9.17, 15) is 19.8 Å². The summed E-state index contributed by atoms with van der Waals surface area (Å²) < 4.78 is 5.15. The minimum absolute atomic E-state index is 0.108. The third-order valence-electron chi connectivity index (χ3n) is 4.17. The Bertz CT molecular complexity index is 1040. The quantitative estimate of drug-likeness (QED) is 0.421. The van der Waals surface area contributed by atoms with Gasteiger partial charge in [0.05, 0.1) is 12.1 Å². The van der Waals surface area contributed by atoms with E-state index in [1.165, 1.54) is 23.5 Å². The molecule has 0 saturated carbocycles. The molecule has 7 nitrogen and oxygen atoms in total. The number of benzene rings is 2. The molecule has 150 valence electrons. The predicted molar refractivity (Wildman–Crippen MR) is 109 cm³/mol. The zero-order chi connectivity index (χ0) is 21.0. The summed E-state index contributed by atoms with van der Waals surface area (Å²) in [5.74, 6) is -1.83. The van der Waals surface area contributed by atoms with Crippen molar-refractivity contribution in [2.45, 2.75) is 26.9 Å². The fourth-order valence-corrected chi connectivity index (χ4v) is 3.32. The molecule has 1 heterocycles. The number of hydrogen-bond acceptors (Lipinski definition) is 7. The van der Waals surface area contributed by atoms with Crippen LogP contribution in [0.5, 0.6) is 11.5 Å². The highest BCUT2D eigenvalue weighted by Gasteiger charge is 2.18. The lowest BCUT2D eigenvalue weighted by Crippen LogP contribution is -2.14. The number of carbonyl (C=O) groups excluding carboxylic acids is 2. The Hall–Kier alpha value is -3.39. The minimum Gasteiger partial charge on any atom is -0.504 e. The second-order valence-electron chi connectivity index (χ2n) is 6.53. The number of aromatic nitrogens is 1. The van der Waals surface area contributed by atoms with Gasteiger partial charge in [-0.3, -0.25) is 4.79 Å². The van der Waals surface area contributed by atoms with Crippen LogP contribution in [0.25, 0.3) is 0 Å². The molecule has 0 spiro atoms. The predicted octanol–water partition coefficient (Wildman–Crippen LogP) is 3.71. The second-order valence-corrected chi connectivity index (χ2v) is 7.47. The van der Waals surface area contributed by atoms with Crippen LogP contribution in [-0.2, 0) is 22.6 Å². The summed E-state index contributed by atoms with van der Waals surface area (Å²) in [6.45, 7) is 3.47. The molecule has 0 radical (unpaired) electrons. The van der Waals surface area contributed by atoms with Gasteiger partial charge in [0, 0.05) is 11.1 Å². The molecular formula is C21H20N2O5S. The van der Waals surface area contributed by atoms with Crippen LogP contribution in [0.1, 0.15) is 32.2 Å². The molecule has 29 heavy (non-hydrogen) atoms. The Kier molecular flexibility index (Phi) is 6.13. The van der Waals surface area contributed by atoms with Crippen molar-refractivity contribution in [3.63, 3.8) is 0 Å². The summed E-state index contributed by atoms with van der Waals surface area (Å²) >= 11 is 1.29. The van der Waals surface area contributed by atoms with E-state index in [2.05, 4.69) is 10.3 Å². The number of thiazole rings is 1. The first-order valence-electron chi connectivity index (χ1n) is 8.82. The monoisotopic (exact) mass is 412 g/mol. The Labute approximate surface area is 171 Å². The van der Waals surface area contributed by atoms with Crippen LogP contribution in [0.15, 0.2) is 41.8 Å². The van der Waals surface area contributed by atoms with Crippen LogP contribution in [0, 0.1) is 13.8 Å². The fourth-order valence-electron chi connectivity index (χ4n) is 2.54. The third-order valence-corrected chi connectivity index (χ3v) is 5.07. The van der Waals surface area contributed by atoms with Crippen LogP contribution < -0.4 is 5.32 Å². The first-order valence-corrected chi connectivity index (χ1v) is 9.70. The maximum absolute atomic E-state index is 12.1. The number of hydrogen-bond donors (Lipinski definition) is 3. The highest BCUT2D eigenvalue weighted by atomic mass is 32.1. The number of nitrogens with one attached hydrogen (secondary N) is 1. The number of aryl methyl sites for hydroxylation is 2. The normalized spacial score (nSPS) is 10.6. The number of aromatic hydroxyl groups is 2. The van der Waals surface area contributed by atoms with E-state index in [4.69, 9.17) is 4.74 Å². The van der Waals surface area contributed by atoms with Crippen molar-refractivity contribution >= 4 is 28.9 Å². The number of rotatable bonds is 6. The number of anilines is 1. The molecule has 0 aliphatic carbocycles. The van der Waals surface area contributed by atoms with Crippen LogP contribution in [0.3, 0.4) is 0 Å². The van der Waals surface area contributed by atoms with Crippen molar-refractivity contribution in [3.8, 4) is 11.5 Å². The Morgan fingerprint density at radius 3 is 2.52 bits per heavy atom. The summed E-state index contributed by atoms with van der Waals surface area (Å²) in [5.41, 5.74) is 2.65. The molecule has 3 aromatic rings. The van der Waals surface area contributed by atoms with E-state index in [0.717, 1.165) is 5.56 Å². The van der Waals surface area contributed by atoms with Gasteiger partial charge >= 0.3 is 5.97 Å². The van der Waals surface area contributed by atoms with E-state index >= 15 is 0 Å². The lowest BCUT2D eigenvalue weighted by molar-refractivity contribution is -0.115. The van der Waals surface area contributed by atoms with Gasteiger partial charge in [-0.1, -0.05) is 23.8 Å². The standard InChI is InChI=1S/C21H20N2O5S/c1-12-3-6-14(7-4-12)22-17(24)9-18-23-15(11-29-18)10-28-21(27)16-8-5-13(2)19(25)20(16)26/h3-8,11,25-26H,9-10H2,1-2H3,(H,22,24). The first-order chi connectivity index (χ1) is 13.8. The van der Waals surface area contributed by atoms with Crippen molar-refractivity contribution in [1.29, 1.82) is 0 Å². The molecule has 0 saturated heterocycles. The van der Waals surface area contributed by atoms with Gasteiger partial charge in [0.1, 0.15) is 17.2 Å². The topological polar surface area (TPSA) is 109 Å². The smallest absolute Gasteiger partial charge is 0.342 e. The Morgan fingerprint density at radius 1 is 1.07 bits per heavy atom. The zero-order valence-electron chi connectivity index (χ0n) is 15.9. The van der Waals surface area contributed by atoms with Gasteiger partial charge in [-0.15, -0.1) is 11.3 Å². The van der Waals surface area contributed by atoms with Crippen LogP contribution >= 0.6 is 11.3 Å². The average Bonchev–Trinajstić information content (AvgIpc) is 3.13. The van der Waals surface area contributed by atoms with Gasteiger partial charge in [-0.05, 0) is 37.6 Å². The molecule has 0 fully saturated rings. The molecule has 0 bridgehead atoms. The molecule has 0 atom stereocenters. The number of nitrogens with zero attached hydrogens (tertiary/aromatic N) is 1. The van der Waals surface area contributed by atoms with Crippen LogP contribution in [-0.4, -0.2) is 27.1 Å². The maximum Gasteiger partial charge on any atom is 0.342 e. The third kappa shape index (κ3) is 5.11. The summed E-state index contributed by atoms with van der Waals surface area (Å²) in [6, 6.07) is 10.4. The summed E-state index contributed by atoms with van der Waals surface area (Å²) in [5, 5.41) is 24.7. The van der Waals surface area contributed by atoms with E-state index in [1.54, 1.807) is 12.3 Å². The van der Waals surface area contributed by atoms with Crippen LogP contribution in [0.4, 0.5) is 5.69 Å². The zero-order valence-corrected chi connectivity index (χ0v) is 16.7. The van der Waals surface area contributed by atoms with Crippen LogP contribution in [0.2, 0.25) is 0 Å². The summed E-state index contributed by atoms with van der Waals surface area (Å²) in [6.07, 6.45) is 0.110. The molecule has 8 heteroatoms. The van der Waals surface area contributed by atoms with Crippen molar-refractivity contribution in [2.24, 2.45) is 0 Å². The van der Waals surface area contributed by atoms with Gasteiger partial charge in [0.15, 0.2) is 11.5 Å². The van der Waals surface area contributed by atoms with E-state index < -0.39 is 11.7 Å².